The van der Waals surface area contributed by atoms with Crippen LogP contribution in [0.3, 0.4) is 0 Å². The number of aryl methyl sites for hydroxylation is 2. The van der Waals surface area contributed by atoms with Gasteiger partial charge in [-0.1, -0.05) is 0 Å². The molecule has 6 heteroatoms. The molecule has 0 aliphatic rings. The number of thiazole rings is 1. The van der Waals surface area contributed by atoms with E-state index in [1.165, 1.54) is 6.92 Å². The Kier molecular flexibility index (Phi) is 4.04. The molecule has 106 valence electrons. The fraction of sp³-hybridized carbons (Fsp3) is 0.357. The number of carbonyl (C=O) groups is 2. The number of rotatable bonds is 4. The summed E-state index contributed by atoms with van der Waals surface area (Å²) < 4.78 is 6.79. The number of ketones is 1. The smallest absolute Gasteiger partial charge is 0.355 e. The second-order valence-electron chi connectivity index (χ2n) is 4.63. The third-order valence-electron chi connectivity index (χ3n) is 2.99. The van der Waals surface area contributed by atoms with Crippen molar-refractivity contribution in [3.8, 4) is 11.3 Å². The Balaban J connectivity index is 2.23. The van der Waals surface area contributed by atoms with Gasteiger partial charge in [-0.05, 0) is 26.8 Å². The van der Waals surface area contributed by atoms with Crippen LogP contribution in [0.15, 0.2) is 17.6 Å². The average molecular weight is 292 g/mol. The van der Waals surface area contributed by atoms with Gasteiger partial charge >= 0.3 is 5.97 Å². The number of nitrogens with zero attached hydrogens (tertiary/aromatic N) is 2. The molecule has 0 spiro atoms. The Morgan fingerprint density at radius 1 is 1.45 bits per heavy atom. The summed E-state index contributed by atoms with van der Waals surface area (Å²) in [6.07, 6.45) is 1.09. The molecule has 0 aliphatic heterocycles. The average Bonchev–Trinajstić information content (AvgIpc) is 2.95. The molecular formula is C14H16N2O3S. The van der Waals surface area contributed by atoms with Crippen molar-refractivity contribution in [2.75, 3.05) is 0 Å². The zero-order valence-corrected chi connectivity index (χ0v) is 12.7. The van der Waals surface area contributed by atoms with Crippen molar-refractivity contribution in [1.29, 1.82) is 0 Å². The highest BCUT2D eigenvalue weighted by Crippen LogP contribution is 2.24. The summed E-state index contributed by atoms with van der Waals surface area (Å²) in [6.45, 7) is 4.89. The number of esters is 1. The Hall–Kier alpha value is -1.95. The first-order valence-electron chi connectivity index (χ1n) is 6.18. The van der Waals surface area contributed by atoms with Crippen LogP contribution in [0.25, 0.3) is 11.3 Å². The Morgan fingerprint density at radius 2 is 2.15 bits per heavy atom. The van der Waals surface area contributed by atoms with Crippen LogP contribution >= 0.6 is 11.3 Å². The maximum absolute atomic E-state index is 12.0. The summed E-state index contributed by atoms with van der Waals surface area (Å²) >= 11 is 1.56. The molecular weight excluding hydrogens is 276 g/mol. The minimum Gasteiger partial charge on any atom is -0.450 e. The van der Waals surface area contributed by atoms with Crippen molar-refractivity contribution < 1.29 is 14.3 Å². The van der Waals surface area contributed by atoms with Crippen molar-refractivity contribution in [3.63, 3.8) is 0 Å². The van der Waals surface area contributed by atoms with E-state index in [4.69, 9.17) is 4.74 Å². The number of aromatic nitrogens is 2. The van der Waals surface area contributed by atoms with Crippen LogP contribution < -0.4 is 0 Å². The second kappa shape index (κ2) is 5.58. The van der Waals surface area contributed by atoms with Gasteiger partial charge in [0.1, 0.15) is 5.69 Å². The first kappa shape index (κ1) is 14.5. The van der Waals surface area contributed by atoms with Crippen LogP contribution in [-0.4, -0.2) is 27.4 Å². The predicted molar refractivity (Wildman–Crippen MR) is 76.8 cm³/mol. The van der Waals surface area contributed by atoms with E-state index in [0.29, 0.717) is 5.69 Å². The van der Waals surface area contributed by atoms with Gasteiger partial charge in [-0.2, -0.15) is 0 Å². The highest BCUT2D eigenvalue weighted by atomic mass is 32.1. The van der Waals surface area contributed by atoms with Gasteiger partial charge < -0.3 is 9.30 Å². The van der Waals surface area contributed by atoms with E-state index in [1.54, 1.807) is 35.9 Å². The van der Waals surface area contributed by atoms with Gasteiger partial charge in [-0.3, -0.25) is 4.79 Å². The molecule has 1 atom stereocenters. The van der Waals surface area contributed by atoms with Crippen LogP contribution in [0.1, 0.15) is 29.3 Å². The van der Waals surface area contributed by atoms with E-state index in [9.17, 15) is 9.59 Å². The van der Waals surface area contributed by atoms with E-state index in [-0.39, 0.29) is 5.78 Å². The topological polar surface area (TPSA) is 61.2 Å². The summed E-state index contributed by atoms with van der Waals surface area (Å²) in [7, 11) is 1.76. The fourth-order valence-electron chi connectivity index (χ4n) is 1.71. The number of hydrogen-bond acceptors (Lipinski definition) is 5. The standard InChI is InChI=1S/C14H16N2O3S/c1-8(17)9(2)19-14(18)13-5-11(6-16(13)4)12-7-20-10(3)15-12/h5-7,9H,1-4H3. The van der Waals surface area contributed by atoms with Gasteiger partial charge in [-0.25, -0.2) is 9.78 Å². The minimum atomic E-state index is -0.734. The third kappa shape index (κ3) is 2.96. The summed E-state index contributed by atoms with van der Waals surface area (Å²) in [5.41, 5.74) is 2.10. The monoisotopic (exact) mass is 292 g/mol. The van der Waals surface area contributed by atoms with Crippen molar-refractivity contribution in [1.82, 2.24) is 9.55 Å². The Bertz CT molecular complexity index is 657. The Morgan fingerprint density at radius 3 is 2.70 bits per heavy atom. The van der Waals surface area contributed by atoms with Gasteiger partial charge in [0.05, 0.1) is 10.7 Å². The lowest BCUT2D eigenvalue weighted by Gasteiger charge is -2.09. The molecule has 2 heterocycles. The van der Waals surface area contributed by atoms with Crippen molar-refractivity contribution in [2.45, 2.75) is 26.9 Å². The molecule has 0 saturated heterocycles. The minimum absolute atomic E-state index is 0.178. The largest absolute Gasteiger partial charge is 0.450 e. The zero-order chi connectivity index (χ0) is 14.9. The molecule has 0 fully saturated rings. The van der Waals surface area contributed by atoms with E-state index in [0.717, 1.165) is 16.3 Å². The van der Waals surface area contributed by atoms with Crippen LogP contribution in [0, 0.1) is 6.92 Å². The van der Waals surface area contributed by atoms with Gasteiger partial charge in [-0.15, -0.1) is 11.3 Å². The molecule has 5 nitrogen and oxygen atoms in total. The number of Topliss-reactive ketones (excluding diaryl/α,β-unsaturated/α-hetero) is 1. The van der Waals surface area contributed by atoms with Crippen LogP contribution in [0.4, 0.5) is 0 Å². The second-order valence-corrected chi connectivity index (χ2v) is 5.70. The van der Waals surface area contributed by atoms with Crippen molar-refractivity contribution in [3.05, 3.63) is 28.3 Å². The molecule has 0 saturated carbocycles. The number of hydrogen-bond donors (Lipinski definition) is 0. The normalized spacial score (nSPS) is 12.2. The molecule has 0 aliphatic carbocycles. The molecule has 1 unspecified atom stereocenters. The number of ether oxygens (including phenoxy) is 1. The lowest BCUT2D eigenvalue weighted by atomic mass is 10.2. The van der Waals surface area contributed by atoms with Crippen LogP contribution in [-0.2, 0) is 16.6 Å². The van der Waals surface area contributed by atoms with Gasteiger partial charge in [0, 0.05) is 24.2 Å². The van der Waals surface area contributed by atoms with E-state index in [1.807, 2.05) is 18.5 Å². The summed E-state index contributed by atoms with van der Waals surface area (Å²) in [5, 5.41) is 2.91. The lowest BCUT2D eigenvalue weighted by molar-refractivity contribution is -0.124. The van der Waals surface area contributed by atoms with E-state index < -0.39 is 12.1 Å². The lowest BCUT2D eigenvalue weighted by Crippen LogP contribution is -2.22. The molecule has 20 heavy (non-hydrogen) atoms. The van der Waals surface area contributed by atoms with E-state index >= 15 is 0 Å². The summed E-state index contributed by atoms with van der Waals surface area (Å²) in [5.74, 6) is -0.684. The van der Waals surface area contributed by atoms with Gasteiger partial charge in [0.2, 0.25) is 0 Å². The first-order chi connectivity index (χ1) is 9.38. The van der Waals surface area contributed by atoms with Crippen LogP contribution in [0.2, 0.25) is 0 Å². The Labute approximate surface area is 121 Å². The molecule has 2 rings (SSSR count). The molecule has 0 bridgehead atoms. The third-order valence-corrected chi connectivity index (χ3v) is 3.76. The molecule has 2 aromatic heterocycles. The van der Waals surface area contributed by atoms with Crippen molar-refractivity contribution in [2.24, 2.45) is 7.05 Å². The maximum atomic E-state index is 12.0. The van der Waals surface area contributed by atoms with Gasteiger partial charge in [0.25, 0.3) is 0 Å². The van der Waals surface area contributed by atoms with Crippen molar-refractivity contribution >= 4 is 23.1 Å². The predicted octanol–water partition coefficient (Wildman–Crippen LogP) is 2.59. The summed E-state index contributed by atoms with van der Waals surface area (Å²) in [6, 6.07) is 1.73. The SMILES string of the molecule is CC(=O)C(C)OC(=O)c1cc(-c2csc(C)n2)cn1C. The first-order valence-corrected chi connectivity index (χ1v) is 7.06. The zero-order valence-electron chi connectivity index (χ0n) is 11.8. The van der Waals surface area contributed by atoms with Crippen LogP contribution in [0.5, 0.6) is 0 Å². The van der Waals surface area contributed by atoms with Gasteiger partial charge in [0.15, 0.2) is 11.9 Å². The fourth-order valence-corrected chi connectivity index (χ4v) is 2.33. The maximum Gasteiger partial charge on any atom is 0.355 e. The molecule has 0 radical (unpaired) electrons. The molecule has 2 aromatic rings. The molecule has 0 N–H and O–H groups in total. The number of carbonyl (C=O) groups excluding carboxylic acids is 2. The molecule has 0 aromatic carbocycles. The quantitative estimate of drug-likeness (QED) is 0.813. The highest BCUT2D eigenvalue weighted by Gasteiger charge is 2.19. The summed E-state index contributed by atoms with van der Waals surface area (Å²) in [4.78, 5) is 27.5. The van der Waals surface area contributed by atoms with E-state index in [2.05, 4.69) is 4.98 Å². The molecule has 0 amide bonds. The highest BCUT2D eigenvalue weighted by molar-refractivity contribution is 7.09.